The van der Waals surface area contributed by atoms with Crippen molar-refractivity contribution in [3.63, 3.8) is 0 Å². The Labute approximate surface area is 94.0 Å². The molecule has 1 nitrogen and oxygen atoms in total. The number of halogens is 2. The van der Waals surface area contributed by atoms with Gasteiger partial charge in [0, 0.05) is 8.90 Å². The molecule has 0 heterocycles. The summed E-state index contributed by atoms with van der Waals surface area (Å²) in [7, 11) is 0. The summed E-state index contributed by atoms with van der Waals surface area (Å²) in [5.74, 6) is 0. The van der Waals surface area contributed by atoms with Crippen molar-refractivity contribution in [3.05, 3.63) is 32.4 Å². The van der Waals surface area contributed by atoms with Gasteiger partial charge in [0.05, 0.1) is 11.6 Å². The van der Waals surface area contributed by atoms with E-state index in [1.165, 1.54) is 9.13 Å². The predicted molar refractivity (Wildman–Crippen MR) is 61.2 cm³/mol. The Hall–Kier alpha value is -0.0800. The Balaban J connectivity index is 3.30. The molecule has 0 radical (unpaired) electrons. The van der Waals surface area contributed by atoms with Crippen molar-refractivity contribution in [1.82, 2.24) is 0 Å². The van der Waals surface area contributed by atoms with Gasteiger partial charge < -0.3 is 0 Å². The van der Waals surface area contributed by atoms with Crippen LogP contribution in [0.15, 0.2) is 12.1 Å². The topological polar surface area (TPSA) is 23.8 Å². The lowest BCUT2D eigenvalue weighted by molar-refractivity contribution is 1.31. The first-order chi connectivity index (χ1) is 5.69. The van der Waals surface area contributed by atoms with Gasteiger partial charge in [0.1, 0.15) is 0 Å². The Morgan fingerprint density at radius 1 is 1.58 bits per heavy atom. The average Bonchev–Trinajstić information content (AvgIpc) is 2.05. The molecule has 0 aliphatic heterocycles. The molecule has 0 unspecified atom stereocenters. The highest BCUT2D eigenvalue weighted by atomic mass is 127. The molecule has 0 amide bonds. The number of rotatable bonds is 1. The fraction of sp³-hybridized carbons (Fsp3) is 0.222. The van der Waals surface area contributed by atoms with Crippen molar-refractivity contribution in [3.8, 4) is 6.07 Å². The first-order valence-electron chi connectivity index (χ1n) is 3.44. The quantitative estimate of drug-likeness (QED) is 0.570. The van der Waals surface area contributed by atoms with Gasteiger partial charge in [0.25, 0.3) is 0 Å². The van der Waals surface area contributed by atoms with Crippen molar-refractivity contribution in [1.29, 1.82) is 5.26 Å². The van der Waals surface area contributed by atoms with Crippen LogP contribution in [0.2, 0.25) is 0 Å². The van der Waals surface area contributed by atoms with E-state index >= 15 is 0 Å². The van der Waals surface area contributed by atoms with Crippen LogP contribution in [0.1, 0.15) is 16.7 Å². The molecule has 1 rings (SSSR count). The molecule has 0 saturated carbocycles. The van der Waals surface area contributed by atoms with Gasteiger partial charge in [0.15, 0.2) is 0 Å². The zero-order valence-corrected chi connectivity index (χ0v) is 10.3. The van der Waals surface area contributed by atoms with Gasteiger partial charge >= 0.3 is 0 Å². The number of aryl methyl sites for hydroxylation is 1. The van der Waals surface area contributed by atoms with Crippen molar-refractivity contribution in [2.75, 3.05) is 0 Å². The molecule has 62 valence electrons. The second-order valence-electron chi connectivity index (χ2n) is 2.50. The van der Waals surface area contributed by atoms with E-state index in [1.807, 2.05) is 19.1 Å². The summed E-state index contributed by atoms with van der Waals surface area (Å²) in [6.07, 6.45) is 0. The highest BCUT2D eigenvalue weighted by Gasteiger charge is 2.03. The second-order valence-corrected chi connectivity index (χ2v) is 4.23. The van der Waals surface area contributed by atoms with Crippen LogP contribution in [0.25, 0.3) is 0 Å². The standard InChI is InChI=1S/C9H7BrIN/c1-6-2-9(11)7(4-10)3-8(6)5-12/h2-3H,4H2,1H3. The summed E-state index contributed by atoms with van der Waals surface area (Å²) in [4.78, 5) is 0. The highest BCUT2D eigenvalue weighted by Crippen LogP contribution is 2.19. The summed E-state index contributed by atoms with van der Waals surface area (Å²) in [5, 5.41) is 9.57. The molecule has 0 aromatic heterocycles. The van der Waals surface area contributed by atoms with E-state index in [0.29, 0.717) is 0 Å². The number of nitriles is 1. The second kappa shape index (κ2) is 4.24. The zero-order chi connectivity index (χ0) is 9.14. The minimum Gasteiger partial charge on any atom is -0.192 e. The fourth-order valence-corrected chi connectivity index (χ4v) is 2.74. The third kappa shape index (κ3) is 1.99. The van der Waals surface area contributed by atoms with E-state index in [1.54, 1.807) is 0 Å². The molecule has 0 saturated heterocycles. The SMILES string of the molecule is Cc1cc(I)c(CBr)cc1C#N. The predicted octanol–water partition coefficient (Wildman–Crippen LogP) is 3.37. The van der Waals surface area contributed by atoms with Gasteiger partial charge in [-0.15, -0.1) is 0 Å². The van der Waals surface area contributed by atoms with Crippen LogP contribution < -0.4 is 0 Å². The number of nitrogens with zero attached hydrogens (tertiary/aromatic N) is 1. The summed E-state index contributed by atoms with van der Waals surface area (Å²) in [6, 6.07) is 6.15. The minimum absolute atomic E-state index is 0.768. The van der Waals surface area contributed by atoms with Crippen LogP contribution in [0, 0.1) is 21.8 Å². The largest absolute Gasteiger partial charge is 0.192 e. The first-order valence-corrected chi connectivity index (χ1v) is 5.64. The lowest BCUT2D eigenvalue weighted by Crippen LogP contribution is -1.90. The van der Waals surface area contributed by atoms with Crippen LogP contribution in [-0.2, 0) is 5.33 Å². The van der Waals surface area contributed by atoms with Crippen LogP contribution >= 0.6 is 38.5 Å². The molecule has 0 fully saturated rings. The lowest BCUT2D eigenvalue weighted by Gasteiger charge is -2.03. The zero-order valence-electron chi connectivity index (χ0n) is 6.56. The van der Waals surface area contributed by atoms with Gasteiger partial charge in [-0.05, 0) is 52.8 Å². The maximum Gasteiger partial charge on any atom is 0.0994 e. The minimum atomic E-state index is 0.768. The van der Waals surface area contributed by atoms with Crippen LogP contribution in [-0.4, -0.2) is 0 Å². The van der Waals surface area contributed by atoms with E-state index in [4.69, 9.17) is 5.26 Å². The summed E-state index contributed by atoms with van der Waals surface area (Å²) < 4.78 is 1.21. The van der Waals surface area contributed by atoms with Crippen molar-refractivity contribution >= 4 is 38.5 Å². The molecule has 12 heavy (non-hydrogen) atoms. The molecule has 3 heteroatoms. The van der Waals surface area contributed by atoms with Gasteiger partial charge in [-0.2, -0.15) is 5.26 Å². The van der Waals surface area contributed by atoms with Crippen LogP contribution in [0.4, 0.5) is 0 Å². The van der Waals surface area contributed by atoms with E-state index < -0.39 is 0 Å². The third-order valence-electron chi connectivity index (χ3n) is 1.66. The highest BCUT2D eigenvalue weighted by molar-refractivity contribution is 14.1. The number of benzene rings is 1. The Kier molecular flexibility index (Phi) is 3.53. The number of hydrogen-bond acceptors (Lipinski definition) is 1. The molecular formula is C9H7BrIN. The monoisotopic (exact) mass is 335 g/mol. The normalized spacial score (nSPS) is 9.50. The number of hydrogen-bond donors (Lipinski definition) is 0. The number of alkyl halides is 1. The molecule has 0 atom stereocenters. The average molecular weight is 336 g/mol. The van der Waals surface area contributed by atoms with Crippen molar-refractivity contribution in [2.24, 2.45) is 0 Å². The van der Waals surface area contributed by atoms with E-state index in [2.05, 4.69) is 44.6 Å². The summed E-state index contributed by atoms with van der Waals surface area (Å²) in [5.41, 5.74) is 2.99. The molecule has 1 aromatic carbocycles. The van der Waals surface area contributed by atoms with Crippen LogP contribution in [0.3, 0.4) is 0 Å². The fourth-order valence-electron chi connectivity index (χ4n) is 0.940. The van der Waals surface area contributed by atoms with E-state index in [9.17, 15) is 0 Å². The Morgan fingerprint density at radius 2 is 2.25 bits per heavy atom. The Morgan fingerprint density at radius 3 is 2.75 bits per heavy atom. The summed E-state index contributed by atoms with van der Waals surface area (Å²) in [6.45, 7) is 1.96. The summed E-state index contributed by atoms with van der Waals surface area (Å²) >= 11 is 5.66. The molecule has 1 aromatic rings. The lowest BCUT2D eigenvalue weighted by atomic mass is 10.1. The smallest absolute Gasteiger partial charge is 0.0994 e. The first kappa shape index (κ1) is 10.0. The van der Waals surface area contributed by atoms with Gasteiger partial charge in [0.2, 0.25) is 0 Å². The van der Waals surface area contributed by atoms with Crippen LogP contribution in [0.5, 0.6) is 0 Å². The van der Waals surface area contributed by atoms with Crippen molar-refractivity contribution < 1.29 is 0 Å². The molecule has 0 N–H and O–H groups in total. The Bertz CT molecular complexity index is 341. The van der Waals surface area contributed by atoms with Gasteiger partial charge in [-0.3, -0.25) is 0 Å². The molecule has 0 aliphatic rings. The molecule has 0 aliphatic carbocycles. The molecule has 0 spiro atoms. The maximum atomic E-state index is 8.76. The van der Waals surface area contributed by atoms with E-state index in [-0.39, 0.29) is 0 Å². The van der Waals surface area contributed by atoms with Gasteiger partial charge in [-0.1, -0.05) is 15.9 Å². The molecule has 0 bridgehead atoms. The maximum absolute atomic E-state index is 8.76. The van der Waals surface area contributed by atoms with Gasteiger partial charge in [-0.25, -0.2) is 0 Å². The molecular weight excluding hydrogens is 329 g/mol. The third-order valence-corrected chi connectivity index (χ3v) is 3.27. The van der Waals surface area contributed by atoms with Crippen molar-refractivity contribution in [2.45, 2.75) is 12.3 Å². The van der Waals surface area contributed by atoms with E-state index in [0.717, 1.165) is 16.5 Å².